The first-order valence-corrected chi connectivity index (χ1v) is 11.9. The van der Waals surface area contributed by atoms with Crippen LogP contribution in [0.25, 0.3) is 0 Å². The maximum absolute atomic E-state index is 12.8. The number of hydrogen-bond acceptors (Lipinski definition) is 7. The Morgan fingerprint density at radius 1 is 1.00 bits per heavy atom. The number of nitrogens with zero attached hydrogens (tertiary/aromatic N) is 2. The zero-order chi connectivity index (χ0) is 24.2. The summed E-state index contributed by atoms with van der Waals surface area (Å²) in [6.45, 7) is 2.11. The van der Waals surface area contributed by atoms with Crippen LogP contribution in [-0.2, 0) is 19.6 Å². The van der Waals surface area contributed by atoms with Gasteiger partial charge in [0.05, 0.1) is 29.7 Å². The second kappa shape index (κ2) is 10.4. The third-order valence-electron chi connectivity index (χ3n) is 5.25. The Balaban J connectivity index is 1.56. The number of piperazine rings is 1. The summed E-state index contributed by atoms with van der Waals surface area (Å²) in [6.07, 6.45) is 0. The van der Waals surface area contributed by atoms with Gasteiger partial charge in [0.1, 0.15) is 0 Å². The Labute approximate surface area is 197 Å². The van der Waals surface area contributed by atoms with Gasteiger partial charge in [-0.1, -0.05) is 29.3 Å². The van der Waals surface area contributed by atoms with E-state index in [0.717, 1.165) is 5.56 Å². The highest BCUT2D eigenvalue weighted by atomic mass is 35.5. The lowest BCUT2D eigenvalue weighted by Crippen LogP contribution is -2.51. The molecule has 0 bridgehead atoms. The molecule has 1 saturated heterocycles. The van der Waals surface area contributed by atoms with Gasteiger partial charge in [0.25, 0.3) is 5.91 Å². The van der Waals surface area contributed by atoms with Gasteiger partial charge in [0.15, 0.2) is 18.1 Å². The molecule has 0 aliphatic carbocycles. The number of ether oxygens (including phenoxy) is 3. The molecule has 0 saturated carbocycles. The number of benzene rings is 2. The number of rotatable bonds is 7. The Bertz CT molecular complexity index is 1130. The molecule has 0 aromatic heterocycles. The molecule has 33 heavy (non-hydrogen) atoms. The molecule has 0 atom stereocenters. The first kappa shape index (κ1) is 24.8. The predicted octanol–water partition coefficient (Wildman–Crippen LogP) is 2.36. The Morgan fingerprint density at radius 3 is 2.21 bits per heavy atom. The number of carbonyl (C=O) groups excluding carboxylic acids is 2. The lowest BCUT2D eigenvalue weighted by molar-refractivity contribution is -0.135. The second-order valence-electron chi connectivity index (χ2n) is 7.37. The van der Waals surface area contributed by atoms with E-state index in [-0.39, 0.29) is 53.2 Å². The molecule has 0 spiro atoms. The third-order valence-corrected chi connectivity index (χ3v) is 7.44. The van der Waals surface area contributed by atoms with Gasteiger partial charge in [0.2, 0.25) is 10.0 Å². The minimum atomic E-state index is -3.63. The number of carbonyl (C=O) groups is 2. The van der Waals surface area contributed by atoms with E-state index in [9.17, 15) is 18.0 Å². The van der Waals surface area contributed by atoms with Gasteiger partial charge in [-0.15, -0.1) is 0 Å². The van der Waals surface area contributed by atoms with E-state index in [0.29, 0.717) is 0 Å². The third kappa shape index (κ3) is 5.58. The average Bonchev–Trinajstić information content (AvgIpc) is 2.82. The van der Waals surface area contributed by atoms with E-state index < -0.39 is 28.5 Å². The van der Waals surface area contributed by atoms with Crippen LogP contribution in [0.4, 0.5) is 0 Å². The van der Waals surface area contributed by atoms with Crippen LogP contribution in [0.2, 0.25) is 5.02 Å². The zero-order valence-corrected chi connectivity index (χ0v) is 20.1. The summed E-state index contributed by atoms with van der Waals surface area (Å²) in [5.41, 5.74) is 1.08. The zero-order valence-electron chi connectivity index (χ0n) is 18.5. The average molecular weight is 497 g/mol. The molecule has 1 amide bonds. The molecule has 1 fully saturated rings. The minimum absolute atomic E-state index is 0.111. The normalized spacial score (nSPS) is 14.6. The number of methoxy groups -OCH3 is 2. The van der Waals surface area contributed by atoms with E-state index in [1.807, 2.05) is 6.92 Å². The SMILES string of the molecule is COc1cc(C(=O)OCC(=O)N2CCN(S(=O)(=O)c3ccc(C)cc3)CC2)cc(Cl)c1OC. The molecule has 0 unspecified atom stereocenters. The number of amides is 1. The summed E-state index contributed by atoms with van der Waals surface area (Å²) < 4.78 is 42.4. The molecule has 1 aliphatic rings. The Morgan fingerprint density at radius 2 is 1.64 bits per heavy atom. The Kier molecular flexibility index (Phi) is 7.83. The van der Waals surface area contributed by atoms with Crippen LogP contribution in [0, 0.1) is 6.92 Å². The van der Waals surface area contributed by atoms with Gasteiger partial charge in [-0.2, -0.15) is 4.31 Å². The first-order chi connectivity index (χ1) is 15.7. The summed E-state index contributed by atoms with van der Waals surface area (Å²) >= 11 is 6.10. The number of esters is 1. The largest absolute Gasteiger partial charge is 0.493 e. The van der Waals surface area contributed by atoms with E-state index in [2.05, 4.69) is 0 Å². The molecule has 178 valence electrons. The van der Waals surface area contributed by atoms with E-state index in [1.165, 1.54) is 35.6 Å². The molecule has 0 N–H and O–H groups in total. The smallest absolute Gasteiger partial charge is 0.338 e. The second-order valence-corrected chi connectivity index (χ2v) is 9.71. The van der Waals surface area contributed by atoms with Crippen LogP contribution in [0.3, 0.4) is 0 Å². The molecule has 1 aliphatic heterocycles. The summed E-state index contributed by atoms with van der Waals surface area (Å²) in [6, 6.07) is 9.40. The lowest BCUT2D eigenvalue weighted by Gasteiger charge is -2.33. The van der Waals surface area contributed by atoms with E-state index >= 15 is 0 Å². The van der Waals surface area contributed by atoms with Crippen LogP contribution in [-0.4, -0.2) is 76.5 Å². The van der Waals surface area contributed by atoms with Crippen molar-refractivity contribution in [2.75, 3.05) is 47.0 Å². The van der Waals surface area contributed by atoms with E-state index in [4.69, 9.17) is 25.8 Å². The topological polar surface area (TPSA) is 102 Å². The molecular weight excluding hydrogens is 472 g/mol. The first-order valence-electron chi connectivity index (χ1n) is 10.1. The van der Waals surface area contributed by atoms with E-state index in [1.54, 1.807) is 24.3 Å². The van der Waals surface area contributed by atoms with Gasteiger partial charge in [-0.3, -0.25) is 4.79 Å². The summed E-state index contributed by atoms with van der Waals surface area (Å²) in [5, 5.41) is 0.168. The van der Waals surface area contributed by atoms with Crippen molar-refractivity contribution in [3.05, 3.63) is 52.5 Å². The molecule has 1 heterocycles. The van der Waals surface area contributed by atoms with Crippen LogP contribution >= 0.6 is 11.6 Å². The molecule has 11 heteroatoms. The molecule has 2 aromatic carbocycles. The standard InChI is InChI=1S/C22H25ClN2O7S/c1-15-4-6-17(7-5-15)33(28,29)25-10-8-24(9-11-25)20(26)14-32-22(27)16-12-18(23)21(31-3)19(13-16)30-2/h4-7,12-13H,8-11,14H2,1-3H3. The maximum Gasteiger partial charge on any atom is 0.338 e. The van der Waals surface area contributed by atoms with Crippen LogP contribution in [0.1, 0.15) is 15.9 Å². The van der Waals surface area contributed by atoms with Crippen molar-refractivity contribution in [3.8, 4) is 11.5 Å². The fourth-order valence-electron chi connectivity index (χ4n) is 3.37. The molecule has 0 radical (unpaired) electrons. The summed E-state index contributed by atoms with van der Waals surface area (Å²) in [5.74, 6) is -0.617. The summed E-state index contributed by atoms with van der Waals surface area (Å²) in [4.78, 5) is 26.6. The van der Waals surface area contributed by atoms with Crippen LogP contribution in [0.5, 0.6) is 11.5 Å². The van der Waals surface area contributed by atoms with Gasteiger partial charge in [-0.05, 0) is 31.2 Å². The van der Waals surface area contributed by atoms with Gasteiger partial charge < -0.3 is 19.1 Å². The van der Waals surface area contributed by atoms with Crippen molar-refractivity contribution in [3.63, 3.8) is 0 Å². The van der Waals surface area contributed by atoms with Crippen molar-refractivity contribution in [1.82, 2.24) is 9.21 Å². The van der Waals surface area contributed by atoms with Crippen molar-refractivity contribution in [2.24, 2.45) is 0 Å². The highest BCUT2D eigenvalue weighted by Gasteiger charge is 2.30. The quantitative estimate of drug-likeness (QED) is 0.542. The van der Waals surface area contributed by atoms with Gasteiger partial charge >= 0.3 is 5.97 Å². The fourth-order valence-corrected chi connectivity index (χ4v) is 5.08. The van der Waals surface area contributed by atoms with Crippen molar-refractivity contribution in [2.45, 2.75) is 11.8 Å². The fraction of sp³-hybridized carbons (Fsp3) is 0.364. The number of sulfonamides is 1. The minimum Gasteiger partial charge on any atom is -0.493 e. The highest BCUT2D eigenvalue weighted by Crippen LogP contribution is 2.36. The number of halogens is 1. The molecular formula is C22H25ClN2O7S. The lowest BCUT2D eigenvalue weighted by atomic mass is 10.2. The predicted molar refractivity (Wildman–Crippen MR) is 121 cm³/mol. The van der Waals surface area contributed by atoms with Gasteiger partial charge in [-0.25, -0.2) is 13.2 Å². The van der Waals surface area contributed by atoms with Gasteiger partial charge in [0, 0.05) is 26.2 Å². The van der Waals surface area contributed by atoms with Crippen molar-refractivity contribution in [1.29, 1.82) is 0 Å². The van der Waals surface area contributed by atoms with Crippen LogP contribution in [0.15, 0.2) is 41.3 Å². The highest BCUT2D eigenvalue weighted by molar-refractivity contribution is 7.89. The monoisotopic (exact) mass is 496 g/mol. The molecule has 3 rings (SSSR count). The van der Waals surface area contributed by atoms with Crippen LogP contribution < -0.4 is 9.47 Å². The summed E-state index contributed by atoms with van der Waals surface area (Å²) in [7, 11) is -0.800. The Hall–Kier alpha value is -2.82. The molecule has 2 aromatic rings. The maximum atomic E-state index is 12.8. The number of hydrogen-bond donors (Lipinski definition) is 0. The number of aryl methyl sites for hydroxylation is 1. The molecule has 9 nitrogen and oxygen atoms in total. The van der Waals surface area contributed by atoms with Crippen molar-refractivity contribution < 1.29 is 32.2 Å². The van der Waals surface area contributed by atoms with Crippen molar-refractivity contribution >= 4 is 33.5 Å².